The molecular formula is C15H17ClN2. The average Bonchev–Trinajstić information content (AvgIpc) is 2.40. The number of halogens is 1. The Bertz CT molecular complexity index is 482. The zero-order valence-electron chi connectivity index (χ0n) is 10.1. The first-order valence-corrected chi connectivity index (χ1v) is 6.36. The quantitative estimate of drug-likeness (QED) is 0.885. The fraction of sp³-hybridized carbons (Fsp3) is 0.200. The normalized spacial score (nSPS) is 14.2. The lowest BCUT2D eigenvalue weighted by Gasteiger charge is -2.18. The van der Waals surface area contributed by atoms with E-state index in [0.29, 0.717) is 6.42 Å². The molecule has 0 aliphatic carbocycles. The molecule has 0 aliphatic rings. The van der Waals surface area contributed by atoms with Crippen LogP contribution >= 0.6 is 11.6 Å². The SMILES string of the molecule is NC(CC(N)c1ccc(Cl)cc1)c1ccccc1. The molecule has 0 fully saturated rings. The molecule has 0 aromatic heterocycles. The Labute approximate surface area is 113 Å². The van der Waals surface area contributed by atoms with Crippen LogP contribution < -0.4 is 11.5 Å². The Hall–Kier alpha value is -1.35. The van der Waals surface area contributed by atoms with Gasteiger partial charge in [-0.05, 0) is 29.7 Å². The molecule has 2 aromatic rings. The van der Waals surface area contributed by atoms with Gasteiger partial charge in [0, 0.05) is 17.1 Å². The summed E-state index contributed by atoms with van der Waals surface area (Å²) < 4.78 is 0. The maximum absolute atomic E-state index is 6.16. The highest BCUT2D eigenvalue weighted by Gasteiger charge is 2.12. The van der Waals surface area contributed by atoms with Crippen molar-refractivity contribution in [1.29, 1.82) is 0 Å². The minimum atomic E-state index is -0.0718. The third kappa shape index (κ3) is 3.33. The summed E-state index contributed by atoms with van der Waals surface area (Å²) in [7, 11) is 0. The first kappa shape index (κ1) is 13.1. The van der Waals surface area contributed by atoms with Gasteiger partial charge in [-0.3, -0.25) is 0 Å². The summed E-state index contributed by atoms with van der Waals surface area (Å²) in [5, 5.41) is 0.721. The molecule has 2 nitrogen and oxygen atoms in total. The summed E-state index contributed by atoms with van der Waals surface area (Å²) in [5.74, 6) is 0. The van der Waals surface area contributed by atoms with Crippen LogP contribution in [-0.4, -0.2) is 0 Å². The van der Waals surface area contributed by atoms with E-state index >= 15 is 0 Å². The van der Waals surface area contributed by atoms with Gasteiger partial charge >= 0.3 is 0 Å². The average molecular weight is 261 g/mol. The van der Waals surface area contributed by atoms with Crippen molar-refractivity contribution < 1.29 is 0 Å². The van der Waals surface area contributed by atoms with Gasteiger partial charge in [0.25, 0.3) is 0 Å². The second kappa shape index (κ2) is 6.01. The van der Waals surface area contributed by atoms with Crippen molar-refractivity contribution in [1.82, 2.24) is 0 Å². The van der Waals surface area contributed by atoms with Crippen molar-refractivity contribution in [2.75, 3.05) is 0 Å². The summed E-state index contributed by atoms with van der Waals surface area (Å²) in [4.78, 5) is 0. The topological polar surface area (TPSA) is 52.0 Å². The minimum Gasteiger partial charge on any atom is -0.324 e. The molecule has 0 heterocycles. The summed E-state index contributed by atoms with van der Waals surface area (Å²) >= 11 is 5.85. The zero-order chi connectivity index (χ0) is 13.0. The largest absolute Gasteiger partial charge is 0.324 e. The molecule has 0 aliphatic heterocycles. The zero-order valence-corrected chi connectivity index (χ0v) is 10.8. The standard InChI is InChI=1S/C15H17ClN2/c16-13-8-6-12(7-9-13)15(18)10-14(17)11-4-2-1-3-5-11/h1-9,14-15H,10,17-18H2. The fourth-order valence-electron chi connectivity index (χ4n) is 1.96. The molecule has 2 aromatic carbocycles. The van der Waals surface area contributed by atoms with E-state index in [-0.39, 0.29) is 12.1 Å². The lowest BCUT2D eigenvalue weighted by Crippen LogP contribution is -2.19. The summed E-state index contributed by atoms with van der Waals surface area (Å²) in [5.41, 5.74) is 14.5. The Morgan fingerprint density at radius 2 is 1.28 bits per heavy atom. The second-order valence-electron chi connectivity index (χ2n) is 4.41. The van der Waals surface area contributed by atoms with E-state index in [2.05, 4.69) is 0 Å². The van der Waals surface area contributed by atoms with Crippen LogP contribution in [0.3, 0.4) is 0 Å². The van der Waals surface area contributed by atoms with Crippen molar-refractivity contribution >= 4 is 11.6 Å². The van der Waals surface area contributed by atoms with E-state index in [0.717, 1.165) is 16.1 Å². The first-order valence-electron chi connectivity index (χ1n) is 5.98. The number of benzene rings is 2. The number of hydrogen-bond acceptors (Lipinski definition) is 2. The monoisotopic (exact) mass is 260 g/mol. The van der Waals surface area contributed by atoms with Crippen LogP contribution in [-0.2, 0) is 0 Å². The van der Waals surface area contributed by atoms with Crippen LogP contribution in [0.1, 0.15) is 29.6 Å². The highest BCUT2D eigenvalue weighted by molar-refractivity contribution is 6.30. The minimum absolute atomic E-state index is 0.0446. The van der Waals surface area contributed by atoms with Crippen LogP contribution in [0, 0.1) is 0 Å². The van der Waals surface area contributed by atoms with Crippen LogP contribution in [0.2, 0.25) is 5.02 Å². The van der Waals surface area contributed by atoms with Crippen molar-refractivity contribution in [3.05, 3.63) is 70.7 Å². The molecule has 0 amide bonds. The highest BCUT2D eigenvalue weighted by Crippen LogP contribution is 2.23. The van der Waals surface area contributed by atoms with Crippen LogP contribution in [0.25, 0.3) is 0 Å². The molecule has 2 unspecified atom stereocenters. The predicted molar refractivity (Wildman–Crippen MR) is 76.4 cm³/mol. The maximum atomic E-state index is 6.16. The van der Waals surface area contributed by atoms with Crippen molar-refractivity contribution in [2.45, 2.75) is 18.5 Å². The second-order valence-corrected chi connectivity index (χ2v) is 4.85. The van der Waals surface area contributed by atoms with Crippen LogP contribution in [0.5, 0.6) is 0 Å². The van der Waals surface area contributed by atoms with Crippen molar-refractivity contribution in [3.8, 4) is 0 Å². The Morgan fingerprint density at radius 1 is 0.778 bits per heavy atom. The number of nitrogens with two attached hydrogens (primary N) is 2. The fourth-order valence-corrected chi connectivity index (χ4v) is 2.08. The molecular weight excluding hydrogens is 244 g/mol. The number of rotatable bonds is 4. The molecule has 0 saturated heterocycles. The Kier molecular flexibility index (Phi) is 4.37. The lowest BCUT2D eigenvalue weighted by atomic mass is 9.96. The van der Waals surface area contributed by atoms with Gasteiger partial charge in [0.1, 0.15) is 0 Å². The summed E-state index contributed by atoms with van der Waals surface area (Å²) in [6, 6.07) is 17.5. The molecule has 0 bridgehead atoms. The van der Waals surface area contributed by atoms with Crippen LogP contribution in [0.15, 0.2) is 54.6 Å². The highest BCUT2D eigenvalue weighted by atomic mass is 35.5. The predicted octanol–water partition coefficient (Wildman–Crippen LogP) is 3.43. The molecule has 0 spiro atoms. The number of hydrogen-bond donors (Lipinski definition) is 2. The van der Waals surface area contributed by atoms with Gasteiger partial charge < -0.3 is 11.5 Å². The Balaban J connectivity index is 2.03. The van der Waals surface area contributed by atoms with E-state index in [1.165, 1.54) is 0 Å². The van der Waals surface area contributed by atoms with E-state index < -0.39 is 0 Å². The molecule has 4 N–H and O–H groups in total. The van der Waals surface area contributed by atoms with Crippen molar-refractivity contribution in [2.24, 2.45) is 11.5 Å². The van der Waals surface area contributed by atoms with Gasteiger partial charge in [-0.25, -0.2) is 0 Å². The molecule has 0 saturated carbocycles. The summed E-state index contributed by atoms with van der Waals surface area (Å²) in [6.45, 7) is 0. The van der Waals surface area contributed by atoms with Gasteiger partial charge in [0.15, 0.2) is 0 Å². The molecule has 2 atom stereocenters. The van der Waals surface area contributed by atoms with Gasteiger partial charge in [-0.1, -0.05) is 54.1 Å². The smallest absolute Gasteiger partial charge is 0.0406 e. The van der Waals surface area contributed by atoms with Crippen LogP contribution in [0.4, 0.5) is 0 Å². The summed E-state index contributed by atoms with van der Waals surface area (Å²) in [6.07, 6.45) is 0.714. The van der Waals surface area contributed by atoms with E-state index in [1.54, 1.807) is 0 Å². The molecule has 0 radical (unpaired) electrons. The lowest BCUT2D eigenvalue weighted by molar-refractivity contribution is 0.557. The van der Waals surface area contributed by atoms with Crippen molar-refractivity contribution in [3.63, 3.8) is 0 Å². The van der Waals surface area contributed by atoms with Gasteiger partial charge in [-0.2, -0.15) is 0 Å². The van der Waals surface area contributed by atoms with Gasteiger partial charge in [0.2, 0.25) is 0 Å². The Morgan fingerprint density at radius 3 is 1.83 bits per heavy atom. The maximum Gasteiger partial charge on any atom is 0.0406 e. The van der Waals surface area contributed by atoms with E-state index in [4.69, 9.17) is 23.1 Å². The van der Waals surface area contributed by atoms with E-state index in [9.17, 15) is 0 Å². The third-order valence-electron chi connectivity index (χ3n) is 3.03. The molecule has 2 rings (SSSR count). The van der Waals surface area contributed by atoms with E-state index in [1.807, 2.05) is 54.6 Å². The van der Waals surface area contributed by atoms with Gasteiger partial charge in [0.05, 0.1) is 0 Å². The molecule has 3 heteroatoms. The van der Waals surface area contributed by atoms with Gasteiger partial charge in [-0.15, -0.1) is 0 Å². The molecule has 18 heavy (non-hydrogen) atoms. The third-order valence-corrected chi connectivity index (χ3v) is 3.29. The first-order chi connectivity index (χ1) is 8.66. The molecule has 94 valence electrons.